The average Bonchev–Trinajstić information content (AvgIpc) is 2.98. The van der Waals surface area contributed by atoms with Gasteiger partial charge in [-0.05, 0) is 55.0 Å². The summed E-state index contributed by atoms with van der Waals surface area (Å²) in [7, 11) is 0. The Morgan fingerprint density at radius 1 is 0.949 bits per heavy atom. The third-order valence-electron chi connectivity index (χ3n) is 8.70. The van der Waals surface area contributed by atoms with Crippen LogP contribution in [0.5, 0.6) is 5.75 Å². The minimum absolute atomic E-state index is 0.311. The lowest BCUT2D eigenvalue weighted by Gasteiger charge is -2.42. The van der Waals surface area contributed by atoms with Gasteiger partial charge in [-0.15, -0.1) is 0 Å². The average molecular weight is 532 g/mol. The van der Waals surface area contributed by atoms with Crippen LogP contribution in [0.2, 0.25) is 0 Å². The van der Waals surface area contributed by atoms with Gasteiger partial charge in [0.2, 0.25) is 0 Å². The highest BCUT2D eigenvalue weighted by Crippen LogP contribution is 2.38. The molecular weight excluding hydrogens is 493 g/mol. The van der Waals surface area contributed by atoms with Gasteiger partial charge in [0.15, 0.2) is 0 Å². The largest absolute Gasteiger partial charge is 0.492 e. The number of nitrogens with zero attached hydrogens (tertiary/aromatic N) is 2. The van der Waals surface area contributed by atoms with Crippen LogP contribution < -0.4 is 15.0 Å². The molecule has 0 spiro atoms. The van der Waals surface area contributed by atoms with Crippen molar-refractivity contribution in [2.45, 2.75) is 32.1 Å². The number of rotatable bonds is 7. The zero-order valence-corrected chi connectivity index (χ0v) is 22.5. The van der Waals surface area contributed by atoms with Crippen molar-refractivity contribution < 1.29 is 18.7 Å². The zero-order chi connectivity index (χ0) is 26.6. The molecule has 1 aliphatic carbocycles. The topological polar surface area (TPSA) is 54.0 Å². The number of carbonyl (C=O) groups excluding carboxylic acids is 1. The van der Waals surface area contributed by atoms with Crippen molar-refractivity contribution in [2.24, 2.45) is 11.8 Å². The summed E-state index contributed by atoms with van der Waals surface area (Å²) in [6, 6.07) is 16.4. The zero-order valence-electron chi connectivity index (χ0n) is 22.5. The smallest absolute Gasteiger partial charge is 0.255 e. The molecule has 2 saturated heterocycles. The van der Waals surface area contributed by atoms with Crippen LogP contribution in [0.3, 0.4) is 0 Å². The molecule has 0 radical (unpaired) electrons. The molecule has 0 bridgehead atoms. The number of fused-ring (bicyclic) bond motifs is 2. The summed E-state index contributed by atoms with van der Waals surface area (Å²) in [5, 5.41) is 4.87. The van der Waals surface area contributed by atoms with Gasteiger partial charge < -0.3 is 19.7 Å². The van der Waals surface area contributed by atoms with E-state index in [1.807, 2.05) is 42.5 Å². The maximum absolute atomic E-state index is 14.7. The van der Waals surface area contributed by atoms with E-state index in [4.69, 9.17) is 9.47 Å². The Morgan fingerprint density at radius 3 is 2.59 bits per heavy atom. The van der Waals surface area contributed by atoms with Crippen LogP contribution in [-0.2, 0) is 4.74 Å². The van der Waals surface area contributed by atoms with Gasteiger partial charge in [-0.3, -0.25) is 9.69 Å². The Labute approximate surface area is 230 Å². The number of morpholine rings is 1. The second-order valence-corrected chi connectivity index (χ2v) is 11.2. The molecule has 39 heavy (non-hydrogen) atoms. The highest BCUT2D eigenvalue weighted by atomic mass is 19.1. The Hall–Kier alpha value is -3.16. The van der Waals surface area contributed by atoms with E-state index in [2.05, 4.69) is 15.1 Å². The number of hydrogen-bond acceptors (Lipinski definition) is 5. The summed E-state index contributed by atoms with van der Waals surface area (Å²) in [6.45, 7) is 6.68. The molecule has 1 amide bonds. The molecule has 6 rings (SSSR count). The standard InChI is InChI=1S/C32H38FN3O3/c33-26-19-25(20-27(21-26)36-12-11-23-5-1-2-6-24(23)22-36)32(37)34-30-9-10-31(29-8-4-3-7-28(29)30)39-18-15-35-13-16-38-17-14-35/h3-4,7-10,19-21,23-24H,1-2,5-6,11-18,22H2,(H,34,37). The molecule has 1 saturated carbocycles. The second-order valence-electron chi connectivity index (χ2n) is 11.2. The Balaban J connectivity index is 1.16. The van der Waals surface area contributed by atoms with Crippen molar-refractivity contribution in [3.05, 3.63) is 66.0 Å². The van der Waals surface area contributed by atoms with Crippen molar-refractivity contribution in [3.8, 4) is 5.75 Å². The van der Waals surface area contributed by atoms with E-state index in [9.17, 15) is 9.18 Å². The first kappa shape index (κ1) is 26.1. The molecule has 2 heterocycles. The molecule has 2 atom stereocenters. The van der Waals surface area contributed by atoms with Gasteiger partial charge in [-0.25, -0.2) is 4.39 Å². The minimum atomic E-state index is -0.378. The van der Waals surface area contributed by atoms with Crippen LogP contribution in [-0.4, -0.2) is 63.4 Å². The molecule has 206 valence electrons. The first-order chi connectivity index (χ1) is 19.1. The molecule has 7 heteroatoms. The van der Waals surface area contributed by atoms with E-state index in [0.717, 1.165) is 80.5 Å². The van der Waals surface area contributed by atoms with Crippen LogP contribution in [0.1, 0.15) is 42.5 Å². The minimum Gasteiger partial charge on any atom is -0.492 e. The quantitative estimate of drug-likeness (QED) is 0.408. The molecule has 2 unspecified atom stereocenters. The molecule has 1 N–H and O–H groups in total. The number of hydrogen-bond donors (Lipinski definition) is 1. The van der Waals surface area contributed by atoms with E-state index in [-0.39, 0.29) is 11.7 Å². The highest BCUT2D eigenvalue weighted by Gasteiger charge is 2.31. The van der Waals surface area contributed by atoms with E-state index in [1.54, 1.807) is 6.07 Å². The van der Waals surface area contributed by atoms with Gasteiger partial charge in [-0.1, -0.05) is 43.5 Å². The number of halogens is 1. The molecule has 3 aromatic rings. The summed E-state index contributed by atoms with van der Waals surface area (Å²) in [6.07, 6.45) is 6.35. The molecule has 2 aliphatic heterocycles. The van der Waals surface area contributed by atoms with Gasteiger partial charge in [0.1, 0.15) is 18.2 Å². The van der Waals surface area contributed by atoms with E-state index in [1.165, 1.54) is 31.7 Å². The maximum atomic E-state index is 14.7. The fourth-order valence-corrected chi connectivity index (χ4v) is 6.53. The normalized spacial score (nSPS) is 21.9. The lowest BCUT2D eigenvalue weighted by molar-refractivity contribution is 0.0323. The third kappa shape index (κ3) is 6.04. The summed E-state index contributed by atoms with van der Waals surface area (Å²) >= 11 is 0. The number of ether oxygens (including phenoxy) is 2. The van der Waals surface area contributed by atoms with Gasteiger partial charge in [0, 0.05) is 60.4 Å². The number of carbonyl (C=O) groups is 1. The van der Waals surface area contributed by atoms with Crippen molar-refractivity contribution >= 4 is 28.1 Å². The van der Waals surface area contributed by atoms with E-state index in [0.29, 0.717) is 23.8 Å². The van der Waals surface area contributed by atoms with Gasteiger partial charge >= 0.3 is 0 Å². The molecule has 0 aromatic heterocycles. The lowest BCUT2D eigenvalue weighted by Crippen LogP contribution is -2.41. The SMILES string of the molecule is O=C(Nc1ccc(OCCN2CCOCC2)c2ccccc12)c1cc(F)cc(N2CCC3CCCCC3C2)c1. The molecule has 3 aromatic carbocycles. The van der Waals surface area contributed by atoms with Crippen LogP contribution in [0, 0.1) is 17.7 Å². The predicted molar refractivity (Wildman–Crippen MR) is 153 cm³/mol. The van der Waals surface area contributed by atoms with Crippen molar-refractivity contribution in [3.63, 3.8) is 0 Å². The Morgan fingerprint density at radius 2 is 1.74 bits per heavy atom. The maximum Gasteiger partial charge on any atom is 0.255 e. The third-order valence-corrected chi connectivity index (χ3v) is 8.70. The first-order valence-corrected chi connectivity index (χ1v) is 14.5. The Kier molecular flexibility index (Phi) is 7.98. The van der Waals surface area contributed by atoms with Gasteiger partial charge in [0.25, 0.3) is 5.91 Å². The fraction of sp³-hybridized carbons (Fsp3) is 0.469. The predicted octanol–water partition coefficient (Wildman–Crippen LogP) is 5.96. The van der Waals surface area contributed by atoms with Gasteiger partial charge in [-0.2, -0.15) is 0 Å². The van der Waals surface area contributed by atoms with Crippen molar-refractivity contribution in [2.75, 3.05) is 62.8 Å². The fourth-order valence-electron chi connectivity index (χ4n) is 6.53. The van der Waals surface area contributed by atoms with Crippen LogP contribution in [0.4, 0.5) is 15.8 Å². The van der Waals surface area contributed by atoms with E-state index >= 15 is 0 Å². The van der Waals surface area contributed by atoms with Gasteiger partial charge in [0.05, 0.1) is 13.2 Å². The number of piperidine rings is 1. The Bertz CT molecular complexity index is 1310. The van der Waals surface area contributed by atoms with Crippen molar-refractivity contribution in [1.29, 1.82) is 0 Å². The molecule has 6 nitrogen and oxygen atoms in total. The first-order valence-electron chi connectivity index (χ1n) is 14.5. The van der Waals surface area contributed by atoms with Crippen LogP contribution in [0.15, 0.2) is 54.6 Å². The number of anilines is 2. The lowest BCUT2D eigenvalue weighted by atomic mass is 9.75. The second kappa shape index (κ2) is 11.9. The number of amides is 1. The van der Waals surface area contributed by atoms with Crippen molar-refractivity contribution in [1.82, 2.24) is 4.90 Å². The molecular formula is C32H38FN3O3. The highest BCUT2D eigenvalue weighted by molar-refractivity contribution is 6.10. The number of benzene rings is 3. The monoisotopic (exact) mass is 531 g/mol. The summed E-state index contributed by atoms with van der Waals surface area (Å²) in [5.41, 5.74) is 1.83. The molecule has 3 aliphatic rings. The van der Waals surface area contributed by atoms with Crippen LogP contribution in [0.25, 0.3) is 10.8 Å². The van der Waals surface area contributed by atoms with Crippen LogP contribution >= 0.6 is 0 Å². The van der Waals surface area contributed by atoms with E-state index < -0.39 is 0 Å². The molecule has 3 fully saturated rings. The number of nitrogens with one attached hydrogen (secondary N) is 1. The summed E-state index contributed by atoms with van der Waals surface area (Å²) in [4.78, 5) is 18.0. The summed E-state index contributed by atoms with van der Waals surface area (Å²) < 4.78 is 26.3. The summed E-state index contributed by atoms with van der Waals surface area (Å²) in [5.74, 6) is 1.57.